The van der Waals surface area contributed by atoms with Crippen molar-refractivity contribution in [2.45, 2.75) is 64.2 Å². The van der Waals surface area contributed by atoms with E-state index >= 15 is 0 Å². The molecule has 1 heterocycles. The molecule has 2 aliphatic rings. The summed E-state index contributed by atoms with van der Waals surface area (Å²) in [6, 6.07) is 7.61. The van der Waals surface area contributed by atoms with Crippen LogP contribution in [0.25, 0.3) is 0 Å². The second kappa shape index (κ2) is 8.32. The molecule has 1 aromatic carbocycles. The van der Waals surface area contributed by atoms with E-state index in [-0.39, 0.29) is 11.8 Å². The first-order valence-electron chi connectivity index (χ1n) is 9.42. The predicted octanol–water partition coefficient (Wildman–Crippen LogP) is 4.50. The lowest BCUT2D eigenvalue weighted by Gasteiger charge is -2.21. The van der Waals surface area contributed by atoms with Gasteiger partial charge in [-0.25, -0.2) is 0 Å². The van der Waals surface area contributed by atoms with Crippen LogP contribution in [0.2, 0.25) is 0 Å². The minimum absolute atomic E-state index is 0.0933. The van der Waals surface area contributed by atoms with Gasteiger partial charge in [0.1, 0.15) is 0 Å². The molecule has 2 amide bonds. The van der Waals surface area contributed by atoms with E-state index < -0.39 is 0 Å². The Kier molecular flexibility index (Phi) is 5.89. The Hall–Kier alpha value is -1.84. The van der Waals surface area contributed by atoms with Crippen LogP contribution < -0.4 is 10.2 Å². The van der Waals surface area contributed by atoms with Crippen LogP contribution >= 0.6 is 0 Å². The highest BCUT2D eigenvalue weighted by Crippen LogP contribution is 2.28. The van der Waals surface area contributed by atoms with Gasteiger partial charge in [0.15, 0.2) is 0 Å². The minimum atomic E-state index is 0.0933. The van der Waals surface area contributed by atoms with Crippen LogP contribution in [-0.2, 0) is 9.59 Å². The van der Waals surface area contributed by atoms with Crippen LogP contribution in [0, 0.1) is 5.92 Å². The first-order chi connectivity index (χ1) is 11.7. The van der Waals surface area contributed by atoms with Gasteiger partial charge in [0, 0.05) is 30.8 Å². The van der Waals surface area contributed by atoms with Crippen LogP contribution in [-0.4, -0.2) is 18.4 Å². The van der Waals surface area contributed by atoms with Gasteiger partial charge in [-0.05, 0) is 49.4 Å². The first kappa shape index (κ1) is 17.0. The zero-order valence-electron chi connectivity index (χ0n) is 14.4. The molecule has 0 atom stereocenters. The van der Waals surface area contributed by atoms with Crippen molar-refractivity contribution in [1.82, 2.24) is 0 Å². The molecule has 3 rings (SSSR count). The maximum Gasteiger partial charge on any atom is 0.227 e. The first-order valence-corrected chi connectivity index (χ1v) is 9.42. The molecule has 1 aromatic rings. The van der Waals surface area contributed by atoms with E-state index in [9.17, 15) is 9.59 Å². The molecule has 0 spiro atoms. The topological polar surface area (TPSA) is 49.4 Å². The second-order valence-corrected chi connectivity index (χ2v) is 7.14. The highest BCUT2D eigenvalue weighted by molar-refractivity contribution is 5.96. The Morgan fingerprint density at radius 2 is 1.83 bits per heavy atom. The maximum atomic E-state index is 12.1. The fourth-order valence-corrected chi connectivity index (χ4v) is 3.90. The van der Waals surface area contributed by atoms with Crippen molar-refractivity contribution in [2.24, 2.45) is 5.92 Å². The Morgan fingerprint density at radius 3 is 2.50 bits per heavy atom. The van der Waals surface area contributed by atoms with Gasteiger partial charge < -0.3 is 10.2 Å². The number of nitrogens with one attached hydrogen (secondary N) is 1. The summed E-state index contributed by atoms with van der Waals surface area (Å²) in [5.74, 6) is 1.12. The van der Waals surface area contributed by atoms with Crippen LogP contribution in [0.3, 0.4) is 0 Å². The minimum Gasteiger partial charge on any atom is -0.326 e. The van der Waals surface area contributed by atoms with Gasteiger partial charge in [-0.3, -0.25) is 9.59 Å². The summed E-state index contributed by atoms with van der Waals surface area (Å²) >= 11 is 0. The molecular formula is C20H28N2O2. The summed E-state index contributed by atoms with van der Waals surface area (Å²) in [6.45, 7) is 0.797. The molecular weight excluding hydrogens is 300 g/mol. The molecule has 0 unspecified atom stereocenters. The molecule has 2 fully saturated rings. The second-order valence-electron chi connectivity index (χ2n) is 7.14. The Balaban J connectivity index is 1.41. The van der Waals surface area contributed by atoms with Gasteiger partial charge in [0.2, 0.25) is 11.8 Å². The molecule has 1 aliphatic carbocycles. The van der Waals surface area contributed by atoms with E-state index in [1.54, 1.807) is 0 Å². The molecule has 4 heteroatoms. The van der Waals surface area contributed by atoms with Crippen molar-refractivity contribution in [1.29, 1.82) is 0 Å². The van der Waals surface area contributed by atoms with Crippen LogP contribution in [0.5, 0.6) is 0 Å². The third kappa shape index (κ3) is 4.59. The maximum absolute atomic E-state index is 12.1. The molecule has 1 N–H and O–H groups in total. The quantitative estimate of drug-likeness (QED) is 0.835. The number of carbonyl (C=O) groups is 2. The average molecular weight is 328 g/mol. The van der Waals surface area contributed by atoms with Crippen LogP contribution in [0.15, 0.2) is 24.3 Å². The molecule has 4 nitrogen and oxygen atoms in total. The van der Waals surface area contributed by atoms with Gasteiger partial charge in [-0.2, -0.15) is 0 Å². The molecule has 1 saturated heterocycles. The van der Waals surface area contributed by atoms with Crippen LogP contribution in [0.1, 0.15) is 64.2 Å². The van der Waals surface area contributed by atoms with E-state index in [2.05, 4.69) is 5.32 Å². The third-order valence-corrected chi connectivity index (χ3v) is 5.28. The van der Waals surface area contributed by atoms with Crippen molar-refractivity contribution in [3.05, 3.63) is 24.3 Å². The monoisotopic (exact) mass is 328 g/mol. The molecule has 1 saturated carbocycles. The third-order valence-electron chi connectivity index (χ3n) is 5.28. The van der Waals surface area contributed by atoms with E-state index in [0.717, 1.165) is 36.7 Å². The Bertz CT molecular complexity index is 562. The number of hydrogen-bond donors (Lipinski definition) is 1. The van der Waals surface area contributed by atoms with Gasteiger partial charge in [-0.15, -0.1) is 0 Å². The molecule has 1 aliphatic heterocycles. The zero-order chi connectivity index (χ0) is 16.8. The molecule has 24 heavy (non-hydrogen) atoms. The molecule has 0 aromatic heterocycles. The number of rotatable bonds is 6. The largest absolute Gasteiger partial charge is 0.326 e. The summed E-state index contributed by atoms with van der Waals surface area (Å²) in [7, 11) is 0. The van der Waals surface area contributed by atoms with Crippen molar-refractivity contribution < 1.29 is 9.59 Å². The smallest absolute Gasteiger partial charge is 0.227 e. The fourth-order valence-electron chi connectivity index (χ4n) is 3.90. The van der Waals surface area contributed by atoms with Crippen molar-refractivity contribution in [3.8, 4) is 0 Å². The van der Waals surface area contributed by atoms with Crippen LogP contribution in [0.4, 0.5) is 11.4 Å². The SMILES string of the molecule is O=C(CCCC1CCCCC1)Nc1ccc(N2CCCC2=O)cc1. The number of carbonyl (C=O) groups excluding carboxylic acids is 2. The van der Waals surface area contributed by atoms with E-state index in [1.807, 2.05) is 29.2 Å². The lowest BCUT2D eigenvalue weighted by atomic mass is 9.86. The zero-order valence-corrected chi connectivity index (χ0v) is 14.4. The highest BCUT2D eigenvalue weighted by atomic mass is 16.2. The van der Waals surface area contributed by atoms with Crippen molar-refractivity contribution in [3.63, 3.8) is 0 Å². The lowest BCUT2D eigenvalue weighted by Crippen LogP contribution is -2.23. The summed E-state index contributed by atoms with van der Waals surface area (Å²) in [4.78, 5) is 25.6. The van der Waals surface area contributed by atoms with Gasteiger partial charge in [0.05, 0.1) is 0 Å². The predicted molar refractivity (Wildman–Crippen MR) is 97.1 cm³/mol. The van der Waals surface area contributed by atoms with Gasteiger partial charge in [0.25, 0.3) is 0 Å². The van der Waals surface area contributed by atoms with Crippen molar-refractivity contribution >= 4 is 23.2 Å². The average Bonchev–Trinajstić information content (AvgIpc) is 3.03. The van der Waals surface area contributed by atoms with E-state index in [4.69, 9.17) is 0 Å². The summed E-state index contributed by atoms with van der Waals surface area (Å²) in [5.41, 5.74) is 1.74. The fraction of sp³-hybridized carbons (Fsp3) is 0.600. The number of benzene rings is 1. The number of anilines is 2. The molecule has 0 radical (unpaired) electrons. The number of nitrogens with zero attached hydrogens (tertiary/aromatic N) is 1. The molecule has 0 bridgehead atoms. The molecule has 130 valence electrons. The van der Waals surface area contributed by atoms with E-state index in [0.29, 0.717) is 12.8 Å². The lowest BCUT2D eigenvalue weighted by molar-refractivity contribution is -0.117. The normalized spacial score (nSPS) is 18.8. The van der Waals surface area contributed by atoms with E-state index in [1.165, 1.54) is 38.5 Å². The number of hydrogen-bond acceptors (Lipinski definition) is 2. The van der Waals surface area contributed by atoms with Crippen molar-refractivity contribution in [2.75, 3.05) is 16.8 Å². The summed E-state index contributed by atoms with van der Waals surface area (Å²) in [6.07, 6.45) is 11.1. The Morgan fingerprint density at radius 1 is 1.08 bits per heavy atom. The summed E-state index contributed by atoms with van der Waals surface area (Å²) < 4.78 is 0. The van der Waals surface area contributed by atoms with Gasteiger partial charge >= 0.3 is 0 Å². The summed E-state index contributed by atoms with van der Waals surface area (Å²) in [5, 5.41) is 2.97. The van der Waals surface area contributed by atoms with Gasteiger partial charge in [-0.1, -0.05) is 32.1 Å². The standard InChI is InChI=1S/C20H28N2O2/c23-19(9-4-8-16-6-2-1-3-7-16)21-17-11-13-18(14-12-17)22-15-5-10-20(22)24/h11-14,16H,1-10,15H2,(H,21,23). The highest BCUT2D eigenvalue weighted by Gasteiger charge is 2.21. The Labute approximate surface area is 144 Å². The number of amides is 2.